The molecule has 0 aromatic heterocycles. The summed E-state index contributed by atoms with van der Waals surface area (Å²) >= 11 is 0. The van der Waals surface area contributed by atoms with Gasteiger partial charge in [-0.15, -0.1) is 6.58 Å². The van der Waals surface area contributed by atoms with Gasteiger partial charge >= 0.3 is 11.9 Å². The number of aliphatic hydroxyl groups is 23. The number of hydrogen-bond donors (Lipinski definition) is 23. The highest BCUT2D eigenvalue weighted by Gasteiger charge is 2.73. The average molecular weight is 1820 g/mol. The first-order chi connectivity index (χ1) is 59.1. The first kappa shape index (κ1) is 100. The second-order valence-corrected chi connectivity index (χ2v) is 39.2. The third kappa shape index (κ3) is 19.0. The molecular formula is C84H134O42. The van der Waals surface area contributed by atoms with Gasteiger partial charge in [-0.1, -0.05) is 72.3 Å². The number of carbonyl (C=O) groups excluding carboxylic acids is 2. The number of aliphatic hydroxyl groups excluding tert-OH is 22. The predicted octanol–water partition coefficient (Wildman–Crippen LogP) is -7.00. The summed E-state index contributed by atoms with van der Waals surface area (Å²) in [6.07, 6.45) is -59.6. The van der Waals surface area contributed by atoms with Crippen molar-refractivity contribution in [2.45, 2.75) is 372 Å². The summed E-state index contributed by atoms with van der Waals surface area (Å²) in [6.45, 7) is 15.9. The van der Waals surface area contributed by atoms with Crippen LogP contribution in [0.2, 0.25) is 0 Å². The number of fused-ring (bicyclic) bond motifs is 7. The summed E-state index contributed by atoms with van der Waals surface area (Å²) in [5.41, 5.74) is -5.66. The van der Waals surface area contributed by atoms with Crippen LogP contribution in [0.25, 0.3) is 0 Å². The smallest absolute Gasteiger partial charge is 0.336 e. The molecule has 42 nitrogen and oxygen atoms in total. The Morgan fingerprint density at radius 2 is 1.01 bits per heavy atom. The summed E-state index contributed by atoms with van der Waals surface area (Å²) in [5, 5.41) is 257. The van der Waals surface area contributed by atoms with Gasteiger partial charge in [-0.25, -0.2) is 4.79 Å². The monoisotopic (exact) mass is 1810 g/mol. The SMILES string of the molecule is C=CC(C)(O)CC/C=C(\CO)C(=O)OC[C@H]1O[C@@H](OC(=O)[C@]23CCC(C)(C)C[C@H]2C2=CC[C@@H]4[C@@]5(C)CC[C@H](O[C@@H]6O[C@H](CO[C@@H]7OC[C@H](O)[C@H](O)[C@H]7O[C@@H]7OC[C@@H](O)[C@H](O)[C@H]7O)[C@@H](O)[C@H](O)[C@H]6O)C(C)(C)[C@@H]5CC[C@@]4(C)[C@]2(C)C[C@H]3O)[C@H](O[C@@H]2O[C@@H](C)[C@H](O[C@@H]3OC[C@@H](O)[C@H](O[C@@H]4OC[C@@H](O)[C@H](O)[C@H]4O)[C@H]3O)[C@@H](O)[C@H]2O[C@@H]2O[C@H](CO)[C@H](O)[C@H](O)[C@H]2O)[C@@H](O)[C@@H]1O. The molecular weight excluding hydrogens is 1680 g/mol. The van der Waals surface area contributed by atoms with E-state index in [1.807, 2.05) is 0 Å². The van der Waals surface area contributed by atoms with Gasteiger partial charge in [-0.2, -0.15) is 0 Å². The molecule has 126 heavy (non-hydrogen) atoms. The normalized spacial score (nSPS) is 50.9. The molecule has 722 valence electrons. The van der Waals surface area contributed by atoms with Crippen LogP contribution in [0.3, 0.4) is 0 Å². The quantitative estimate of drug-likeness (QED) is 0.0166. The lowest BCUT2D eigenvalue weighted by molar-refractivity contribution is -0.401. The lowest BCUT2D eigenvalue weighted by Crippen LogP contribution is -2.69. The number of allylic oxidation sites excluding steroid dienone is 3. The number of ether oxygens (including phenoxy) is 17. The largest absolute Gasteiger partial charge is 0.459 e. The molecule has 46 atom stereocenters. The number of esters is 2. The van der Waals surface area contributed by atoms with Crippen LogP contribution in [0.15, 0.2) is 36.0 Å². The molecule has 8 aliphatic heterocycles. The molecule has 4 saturated carbocycles. The van der Waals surface area contributed by atoms with Gasteiger partial charge < -0.3 is 198 Å². The van der Waals surface area contributed by atoms with Gasteiger partial charge in [0.25, 0.3) is 0 Å². The van der Waals surface area contributed by atoms with Crippen LogP contribution >= 0.6 is 0 Å². The lowest BCUT2D eigenvalue weighted by atomic mass is 9.33. The highest BCUT2D eigenvalue weighted by Crippen LogP contribution is 2.76. The van der Waals surface area contributed by atoms with E-state index in [2.05, 4.69) is 61.1 Å². The second-order valence-electron chi connectivity index (χ2n) is 39.2. The van der Waals surface area contributed by atoms with Crippen LogP contribution in [0, 0.1) is 50.2 Å². The zero-order valence-corrected chi connectivity index (χ0v) is 72.1. The summed E-state index contributed by atoms with van der Waals surface area (Å²) < 4.78 is 103. The van der Waals surface area contributed by atoms with Crippen LogP contribution in [0.4, 0.5) is 0 Å². The maximum Gasteiger partial charge on any atom is 0.336 e. The molecule has 0 bridgehead atoms. The highest BCUT2D eigenvalue weighted by molar-refractivity contribution is 5.88. The fraction of sp³-hybridized carbons (Fsp3) is 0.905. The summed E-state index contributed by atoms with van der Waals surface area (Å²) in [6, 6.07) is 0. The number of rotatable bonds is 26. The number of hydrogen-bond acceptors (Lipinski definition) is 42. The first-order valence-corrected chi connectivity index (χ1v) is 43.7. The minimum Gasteiger partial charge on any atom is -0.459 e. The van der Waals surface area contributed by atoms with Crippen molar-refractivity contribution in [3.05, 3.63) is 36.0 Å². The average Bonchev–Trinajstić information content (AvgIpc) is 0.669. The second kappa shape index (κ2) is 39.2. The van der Waals surface area contributed by atoms with Crippen LogP contribution < -0.4 is 0 Å². The van der Waals surface area contributed by atoms with E-state index < -0.39 is 342 Å². The molecule has 8 heterocycles. The molecule has 5 aliphatic carbocycles. The van der Waals surface area contributed by atoms with Crippen LogP contribution in [-0.4, -0.2) is 421 Å². The summed E-state index contributed by atoms with van der Waals surface area (Å²) in [5.74, 6) is -3.13. The van der Waals surface area contributed by atoms with Gasteiger partial charge in [0.05, 0.1) is 75.7 Å². The van der Waals surface area contributed by atoms with Gasteiger partial charge in [0, 0.05) is 0 Å². The first-order valence-electron chi connectivity index (χ1n) is 43.7. The van der Waals surface area contributed by atoms with E-state index in [0.717, 1.165) is 5.57 Å². The Balaban J connectivity index is 0.766. The van der Waals surface area contributed by atoms with E-state index in [1.165, 1.54) is 26.0 Å². The van der Waals surface area contributed by atoms with E-state index in [9.17, 15) is 122 Å². The van der Waals surface area contributed by atoms with Crippen LogP contribution in [0.1, 0.15) is 133 Å². The third-order valence-corrected chi connectivity index (χ3v) is 30.4. The highest BCUT2D eigenvalue weighted by atomic mass is 16.8. The van der Waals surface area contributed by atoms with Crippen molar-refractivity contribution in [3.8, 4) is 0 Å². The standard InChI is InChI=1S/C84H134O42/c1-11-80(7,109)18-12-13-34(25-85)68(107)110-31-42-53(97)56(100)66(125-75-67(124-73-60(104)54(98)51(95)41(26-86)117-73)61(105)63(33(2)116-75)121-71-62(106)64(40(90)30-113-71)122-69-57(101)48(92)37(87)27-111-69)76(119-42)126-77(108)84-22-21-78(3,4)23-36(84)35-14-15-45-81(8)19-17-47(79(5,6)44(81)16-20-82(45,9)83(35,10)24-46(84)91)120-72-59(103)55(99)52(96)43(118-72)32-115-74-65(50(94)39(89)29-114-74)123-70-58(102)49(93)38(88)28-112-70/h11,13-14,33,36-67,69-76,85-106,109H,1,12,15-32H2,2-10H3/b34-13+/t33-,36-,37+,38+,39-,40+,41+,42+,43+,44-,45+,46+,47-,48-,49-,50-,51-,52+,53+,54-,55-,56-,57+,58+,59+,60+,61+,62+,63-,64-,65+,66+,67+,69-,70-,71-,72-,73-,74-,75-,76-,80?,81-,82+,83+,84+/m0/s1. The fourth-order valence-electron chi connectivity index (χ4n) is 22.4. The zero-order valence-electron chi connectivity index (χ0n) is 72.1. The van der Waals surface area contributed by atoms with Crippen molar-refractivity contribution in [3.63, 3.8) is 0 Å². The van der Waals surface area contributed by atoms with E-state index in [1.54, 1.807) is 0 Å². The Bertz CT molecular complexity index is 3730. The molecule has 8 saturated heterocycles. The molecule has 12 fully saturated rings. The maximum absolute atomic E-state index is 16.4. The van der Waals surface area contributed by atoms with Crippen molar-refractivity contribution in [1.29, 1.82) is 0 Å². The molecule has 0 amide bonds. The van der Waals surface area contributed by atoms with E-state index in [4.69, 9.17) is 80.5 Å². The Hall–Kier alpha value is -3.36. The fourth-order valence-corrected chi connectivity index (χ4v) is 22.4. The van der Waals surface area contributed by atoms with Gasteiger partial charge in [0.2, 0.25) is 6.29 Å². The molecule has 13 aliphatic rings. The van der Waals surface area contributed by atoms with E-state index in [-0.39, 0.29) is 43.1 Å². The maximum atomic E-state index is 16.4. The molecule has 13 rings (SSSR count). The van der Waals surface area contributed by atoms with Gasteiger partial charge in [-0.05, 0) is 129 Å². The topological polar surface area (TPSA) is 656 Å². The third-order valence-electron chi connectivity index (χ3n) is 30.4. The summed E-state index contributed by atoms with van der Waals surface area (Å²) in [7, 11) is 0. The summed E-state index contributed by atoms with van der Waals surface area (Å²) in [4.78, 5) is 30.3. The molecule has 42 heteroatoms. The Labute approximate surface area is 727 Å². The van der Waals surface area contributed by atoms with Crippen molar-refractivity contribution in [1.82, 2.24) is 0 Å². The molecule has 0 aromatic rings. The van der Waals surface area contributed by atoms with Crippen LogP contribution in [-0.2, 0) is 90.1 Å². The van der Waals surface area contributed by atoms with Gasteiger partial charge in [-0.3, -0.25) is 4.79 Å². The van der Waals surface area contributed by atoms with Gasteiger partial charge in [0.15, 0.2) is 50.1 Å². The van der Waals surface area contributed by atoms with Crippen molar-refractivity contribution < 1.29 is 208 Å². The van der Waals surface area contributed by atoms with Crippen LogP contribution in [0.5, 0.6) is 0 Å². The molecule has 23 N–H and O–H groups in total. The molecule has 0 radical (unpaired) electrons. The molecule has 1 unspecified atom stereocenters. The van der Waals surface area contributed by atoms with E-state index in [0.29, 0.717) is 44.9 Å². The number of carbonyl (C=O) groups is 2. The van der Waals surface area contributed by atoms with Crippen molar-refractivity contribution >= 4 is 11.9 Å². The Kier molecular flexibility index (Phi) is 31.1. The van der Waals surface area contributed by atoms with Crippen molar-refractivity contribution in [2.24, 2.45) is 50.2 Å². The minimum absolute atomic E-state index is 0.00743. The lowest BCUT2D eigenvalue weighted by Gasteiger charge is -2.71. The minimum atomic E-state index is -2.30. The molecule has 0 spiro atoms. The zero-order chi connectivity index (χ0) is 92.1. The van der Waals surface area contributed by atoms with Crippen molar-refractivity contribution in [2.75, 3.05) is 52.9 Å². The Morgan fingerprint density at radius 1 is 0.500 bits per heavy atom. The van der Waals surface area contributed by atoms with E-state index >= 15 is 4.79 Å². The predicted molar refractivity (Wildman–Crippen MR) is 418 cm³/mol. The molecule has 0 aromatic carbocycles. The van der Waals surface area contributed by atoms with Gasteiger partial charge in [0.1, 0.15) is 171 Å². The Morgan fingerprint density at radius 3 is 1.63 bits per heavy atom.